The van der Waals surface area contributed by atoms with Crippen LogP contribution in [0.4, 0.5) is 0 Å². The van der Waals surface area contributed by atoms with Gasteiger partial charge < -0.3 is 20.1 Å². The molecule has 0 aliphatic rings. The molecule has 0 fully saturated rings. The van der Waals surface area contributed by atoms with E-state index in [0.29, 0.717) is 6.61 Å². The van der Waals surface area contributed by atoms with E-state index in [1.165, 1.54) is 16.7 Å². The second-order valence-electron chi connectivity index (χ2n) is 6.64. The van der Waals surface area contributed by atoms with Crippen LogP contribution in [-0.2, 0) is 4.74 Å². The quantitative estimate of drug-likeness (QED) is 0.354. The fourth-order valence-electron chi connectivity index (χ4n) is 2.16. The first-order valence-electron chi connectivity index (χ1n) is 8.86. The molecule has 0 aliphatic heterocycles. The van der Waals surface area contributed by atoms with Gasteiger partial charge in [0.15, 0.2) is 0 Å². The Labute approximate surface area is 147 Å². The van der Waals surface area contributed by atoms with Crippen molar-refractivity contribution in [2.45, 2.75) is 72.0 Å². The molecule has 0 unspecified atom stereocenters. The van der Waals surface area contributed by atoms with Crippen LogP contribution in [0.5, 0.6) is 0 Å². The molecule has 140 valence electrons. The molecule has 0 saturated heterocycles. The lowest BCUT2D eigenvalue weighted by atomic mass is 10.1. The summed E-state index contributed by atoms with van der Waals surface area (Å²) in [5.41, 5.74) is 4.16. The molecule has 0 aliphatic carbocycles. The van der Waals surface area contributed by atoms with Crippen LogP contribution in [0.3, 0.4) is 0 Å². The lowest BCUT2D eigenvalue weighted by molar-refractivity contribution is -0.0560. The molecule has 4 nitrogen and oxygen atoms in total. The zero-order valence-electron chi connectivity index (χ0n) is 15.8. The molecule has 4 heteroatoms. The van der Waals surface area contributed by atoms with Gasteiger partial charge >= 0.3 is 0 Å². The van der Waals surface area contributed by atoms with Crippen molar-refractivity contribution in [2.24, 2.45) is 0 Å². The SMILES string of the molecule is CC(C)=CCCC(C)=CCCC(C)=CCCOC[C@H](O)[C@H](O)CO. The fraction of sp³-hybridized carbons (Fsp3) is 0.700. The summed E-state index contributed by atoms with van der Waals surface area (Å²) >= 11 is 0. The van der Waals surface area contributed by atoms with E-state index in [2.05, 4.69) is 45.9 Å². The molecular weight excluding hydrogens is 304 g/mol. The number of rotatable bonds is 13. The monoisotopic (exact) mass is 340 g/mol. The molecule has 0 bridgehead atoms. The molecule has 0 aromatic heterocycles. The largest absolute Gasteiger partial charge is 0.394 e. The van der Waals surface area contributed by atoms with Crippen molar-refractivity contribution in [3.05, 3.63) is 34.9 Å². The van der Waals surface area contributed by atoms with Crippen molar-refractivity contribution in [1.82, 2.24) is 0 Å². The fourth-order valence-corrected chi connectivity index (χ4v) is 2.16. The highest BCUT2D eigenvalue weighted by molar-refractivity contribution is 5.05. The van der Waals surface area contributed by atoms with Gasteiger partial charge in [0.05, 0.1) is 19.8 Å². The van der Waals surface area contributed by atoms with Gasteiger partial charge in [-0.3, -0.25) is 0 Å². The summed E-state index contributed by atoms with van der Waals surface area (Å²) in [7, 11) is 0. The third-order valence-electron chi connectivity index (χ3n) is 3.80. The smallest absolute Gasteiger partial charge is 0.105 e. The minimum atomic E-state index is -1.13. The van der Waals surface area contributed by atoms with Crippen molar-refractivity contribution >= 4 is 0 Å². The normalized spacial score (nSPS) is 15.3. The van der Waals surface area contributed by atoms with Gasteiger partial charge in [-0.05, 0) is 59.8 Å². The molecule has 0 aromatic carbocycles. The standard InChI is InChI=1S/C20H36O4/c1-16(2)8-5-9-17(3)10-6-11-18(4)12-7-13-24-15-20(23)19(22)14-21/h8,10,12,19-23H,5-7,9,11,13-15H2,1-4H3/t19-,20+/m1/s1. The lowest BCUT2D eigenvalue weighted by Crippen LogP contribution is -2.33. The number of aliphatic hydroxyl groups is 3. The average Bonchev–Trinajstić information content (AvgIpc) is 2.53. The molecule has 0 radical (unpaired) electrons. The zero-order chi connectivity index (χ0) is 18.4. The van der Waals surface area contributed by atoms with E-state index in [-0.39, 0.29) is 6.61 Å². The van der Waals surface area contributed by atoms with Crippen LogP contribution in [0, 0.1) is 0 Å². The number of allylic oxidation sites excluding steroid dienone is 5. The number of hydrogen-bond acceptors (Lipinski definition) is 4. The zero-order valence-corrected chi connectivity index (χ0v) is 15.8. The number of hydrogen-bond donors (Lipinski definition) is 3. The van der Waals surface area contributed by atoms with Crippen LogP contribution in [0.15, 0.2) is 34.9 Å². The second-order valence-corrected chi connectivity index (χ2v) is 6.64. The summed E-state index contributed by atoms with van der Waals surface area (Å²) in [4.78, 5) is 0. The Morgan fingerprint density at radius 2 is 1.38 bits per heavy atom. The molecular formula is C20H36O4. The van der Waals surface area contributed by atoms with E-state index in [9.17, 15) is 10.2 Å². The van der Waals surface area contributed by atoms with Gasteiger partial charge in [0.25, 0.3) is 0 Å². The number of ether oxygens (including phenoxy) is 1. The third-order valence-corrected chi connectivity index (χ3v) is 3.80. The van der Waals surface area contributed by atoms with Crippen LogP contribution >= 0.6 is 0 Å². The molecule has 24 heavy (non-hydrogen) atoms. The first kappa shape index (κ1) is 23.1. The number of aliphatic hydroxyl groups excluding tert-OH is 3. The third kappa shape index (κ3) is 13.5. The molecule has 0 spiro atoms. The van der Waals surface area contributed by atoms with Crippen molar-refractivity contribution in [1.29, 1.82) is 0 Å². The Hall–Kier alpha value is -0.940. The van der Waals surface area contributed by atoms with E-state index in [1.54, 1.807) is 0 Å². The summed E-state index contributed by atoms with van der Waals surface area (Å²) < 4.78 is 5.29. The molecule has 0 heterocycles. The topological polar surface area (TPSA) is 69.9 Å². The highest BCUT2D eigenvalue weighted by Crippen LogP contribution is 2.11. The summed E-state index contributed by atoms with van der Waals surface area (Å²) in [5.74, 6) is 0. The van der Waals surface area contributed by atoms with E-state index in [4.69, 9.17) is 9.84 Å². The van der Waals surface area contributed by atoms with Gasteiger partial charge in [-0.1, -0.05) is 34.9 Å². The van der Waals surface area contributed by atoms with E-state index in [1.807, 2.05) is 0 Å². The van der Waals surface area contributed by atoms with E-state index < -0.39 is 18.8 Å². The Morgan fingerprint density at radius 3 is 1.92 bits per heavy atom. The van der Waals surface area contributed by atoms with Crippen molar-refractivity contribution in [2.75, 3.05) is 19.8 Å². The highest BCUT2D eigenvalue weighted by Gasteiger charge is 2.14. The minimum absolute atomic E-state index is 0.0439. The second kappa shape index (κ2) is 14.4. The highest BCUT2D eigenvalue weighted by atomic mass is 16.5. The Morgan fingerprint density at radius 1 is 0.833 bits per heavy atom. The maximum atomic E-state index is 9.43. The van der Waals surface area contributed by atoms with E-state index in [0.717, 1.165) is 32.1 Å². The van der Waals surface area contributed by atoms with Crippen molar-refractivity contribution < 1.29 is 20.1 Å². The Bertz CT molecular complexity index is 406. The summed E-state index contributed by atoms with van der Waals surface area (Å²) in [5, 5.41) is 27.3. The summed E-state index contributed by atoms with van der Waals surface area (Å²) in [6.45, 7) is 8.67. The molecule has 2 atom stereocenters. The molecule has 3 N–H and O–H groups in total. The molecule has 0 amide bonds. The summed E-state index contributed by atoms with van der Waals surface area (Å²) in [6, 6.07) is 0. The van der Waals surface area contributed by atoms with Crippen LogP contribution in [0.2, 0.25) is 0 Å². The maximum Gasteiger partial charge on any atom is 0.105 e. The molecule has 0 saturated carbocycles. The minimum Gasteiger partial charge on any atom is -0.394 e. The summed E-state index contributed by atoms with van der Waals surface area (Å²) in [6.07, 6.45) is 9.74. The van der Waals surface area contributed by atoms with Crippen molar-refractivity contribution in [3.8, 4) is 0 Å². The van der Waals surface area contributed by atoms with Crippen LogP contribution in [-0.4, -0.2) is 47.3 Å². The van der Waals surface area contributed by atoms with Crippen LogP contribution in [0.25, 0.3) is 0 Å². The maximum absolute atomic E-state index is 9.43. The van der Waals surface area contributed by atoms with Gasteiger partial charge in [0.1, 0.15) is 12.2 Å². The molecule has 0 rings (SSSR count). The van der Waals surface area contributed by atoms with Gasteiger partial charge in [-0.2, -0.15) is 0 Å². The Balaban J connectivity index is 3.82. The van der Waals surface area contributed by atoms with Gasteiger partial charge in [0, 0.05) is 0 Å². The average molecular weight is 341 g/mol. The van der Waals surface area contributed by atoms with Gasteiger partial charge in [-0.15, -0.1) is 0 Å². The predicted molar refractivity (Wildman–Crippen MR) is 99.9 cm³/mol. The van der Waals surface area contributed by atoms with Crippen LogP contribution in [0.1, 0.15) is 59.8 Å². The predicted octanol–water partition coefficient (Wildman–Crippen LogP) is 3.53. The first-order valence-corrected chi connectivity index (χ1v) is 8.86. The van der Waals surface area contributed by atoms with Gasteiger partial charge in [-0.25, -0.2) is 0 Å². The first-order chi connectivity index (χ1) is 11.4. The Kier molecular flexibility index (Phi) is 13.8. The van der Waals surface area contributed by atoms with Crippen molar-refractivity contribution in [3.63, 3.8) is 0 Å². The van der Waals surface area contributed by atoms with Crippen LogP contribution < -0.4 is 0 Å². The molecule has 0 aromatic rings. The van der Waals surface area contributed by atoms with Gasteiger partial charge in [0.2, 0.25) is 0 Å². The van der Waals surface area contributed by atoms with E-state index >= 15 is 0 Å². The lowest BCUT2D eigenvalue weighted by Gasteiger charge is -2.15.